The molecule has 0 aliphatic carbocycles. The van der Waals surface area contributed by atoms with E-state index in [1.165, 1.54) is 11.1 Å². The number of nitrogens with zero attached hydrogens (tertiary/aromatic N) is 4. The molecule has 132 valence electrons. The summed E-state index contributed by atoms with van der Waals surface area (Å²) < 4.78 is 5.25. The van der Waals surface area contributed by atoms with E-state index in [1.54, 1.807) is 0 Å². The monoisotopic (exact) mass is 340 g/mol. The fourth-order valence-corrected chi connectivity index (χ4v) is 3.84. The number of hydrogen-bond acceptors (Lipinski definition) is 5. The summed E-state index contributed by atoms with van der Waals surface area (Å²) in [6.07, 6.45) is 2.44. The number of hydrogen-bond donors (Lipinski definition) is 0. The molecular formula is C19H24N4O2. The van der Waals surface area contributed by atoms with Gasteiger partial charge in [0.2, 0.25) is 11.8 Å². The Morgan fingerprint density at radius 2 is 2.04 bits per heavy atom. The van der Waals surface area contributed by atoms with Crippen molar-refractivity contribution >= 4 is 5.91 Å². The van der Waals surface area contributed by atoms with Crippen LogP contribution in [-0.2, 0) is 17.9 Å². The van der Waals surface area contributed by atoms with Crippen LogP contribution in [0.25, 0.3) is 0 Å². The van der Waals surface area contributed by atoms with Gasteiger partial charge in [0.1, 0.15) is 0 Å². The molecule has 0 bridgehead atoms. The maximum atomic E-state index is 12.5. The van der Waals surface area contributed by atoms with Crippen LogP contribution in [0, 0.1) is 6.92 Å². The van der Waals surface area contributed by atoms with Gasteiger partial charge in [0.05, 0.1) is 5.92 Å². The molecular weight excluding hydrogens is 316 g/mol. The Morgan fingerprint density at radius 3 is 2.72 bits per heavy atom. The van der Waals surface area contributed by atoms with Gasteiger partial charge in [-0.05, 0) is 37.4 Å². The number of amides is 1. The van der Waals surface area contributed by atoms with Crippen molar-refractivity contribution in [3.05, 3.63) is 47.1 Å². The zero-order chi connectivity index (χ0) is 17.2. The Bertz CT molecular complexity index is 732. The summed E-state index contributed by atoms with van der Waals surface area (Å²) in [5.74, 6) is 1.77. The molecule has 1 fully saturated rings. The molecule has 1 amide bonds. The van der Waals surface area contributed by atoms with Gasteiger partial charge in [-0.1, -0.05) is 29.4 Å². The van der Waals surface area contributed by atoms with Crippen LogP contribution in [-0.4, -0.2) is 45.5 Å². The average molecular weight is 340 g/mol. The van der Waals surface area contributed by atoms with Crippen LogP contribution >= 0.6 is 0 Å². The number of likely N-dealkylation sites (tertiary alicyclic amines) is 1. The topological polar surface area (TPSA) is 62.5 Å². The number of aryl methyl sites for hydroxylation is 1. The zero-order valence-corrected chi connectivity index (χ0v) is 14.6. The van der Waals surface area contributed by atoms with Crippen molar-refractivity contribution in [1.82, 2.24) is 19.9 Å². The number of carbonyl (C=O) groups excluding carboxylic acids is 1. The van der Waals surface area contributed by atoms with Gasteiger partial charge in [-0.15, -0.1) is 0 Å². The lowest BCUT2D eigenvalue weighted by Gasteiger charge is -2.18. The van der Waals surface area contributed by atoms with Crippen molar-refractivity contribution in [3.63, 3.8) is 0 Å². The lowest BCUT2D eigenvalue weighted by atomic mass is 10.1. The van der Waals surface area contributed by atoms with Crippen molar-refractivity contribution in [3.8, 4) is 0 Å². The van der Waals surface area contributed by atoms with Crippen LogP contribution in [0.5, 0.6) is 0 Å². The third kappa shape index (κ3) is 3.58. The van der Waals surface area contributed by atoms with Crippen molar-refractivity contribution in [2.45, 2.75) is 45.2 Å². The molecule has 0 spiro atoms. The molecule has 6 nitrogen and oxygen atoms in total. The van der Waals surface area contributed by atoms with E-state index in [1.807, 2.05) is 11.8 Å². The highest BCUT2D eigenvalue weighted by Crippen LogP contribution is 2.27. The second-order valence-corrected chi connectivity index (χ2v) is 7.09. The summed E-state index contributed by atoms with van der Waals surface area (Å²) in [6, 6.07) is 8.59. The highest BCUT2D eigenvalue weighted by molar-refractivity contribution is 5.76. The van der Waals surface area contributed by atoms with Crippen LogP contribution < -0.4 is 0 Å². The summed E-state index contributed by atoms with van der Waals surface area (Å²) in [7, 11) is 0. The largest absolute Gasteiger partial charge is 0.342 e. The molecule has 0 N–H and O–H groups in total. The molecule has 1 saturated heterocycles. The Labute approximate surface area is 147 Å². The van der Waals surface area contributed by atoms with Crippen LogP contribution in [0.2, 0.25) is 0 Å². The molecule has 6 heteroatoms. The predicted molar refractivity (Wildman–Crippen MR) is 92.8 cm³/mol. The van der Waals surface area contributed by atoms with E-state index in [2.05, 4.69) is 39.3 Å². The Morgan fingerprint density at radius 1 is 1.28 bits per heavy atom. The first kappa shape index (κ1) is 16.3. The maximum Gasteiger partial charge on any atom is 0.231 e. The van der Waals surface area contributed by atoms with Crippen molar-refractivity contribution in [1.29, 1.82) is 0 Å². The van der Waals surface area contributed by atoms with E-state index in [4.69, 9.17) is 4.52 Å². The fourth-order valence-electron chi connectivity index (χ4n) is 3.84. The number of fused-ring (bicyclic) bond motifs is 1. The minimum Gasteiger partial charge on any atom is -0.342 e. The summed E-state index contributed by atoms with van der Waals surface area (Å²) in [4.78, 5) is 21.1. The van der Waals surface area contributed by atoms with Gasteiger partial charge in [0.15, 0.2) is 5.82 Å². The van der Waals surface area contributed by atoms with Crippen LogP contribution in [0.4, 0.5) is 0 Å². The number of rotatable bonds is 5. The van der Waals surface area contributed by atoms with Gasteiger partial charge >= 0.3 is 0 Å². The average Bonchev–Trinajstić information content (AvgIpc) is 3.32. The van der Waals surface area contributed by atoms with E-state index in [0.29, 0.717) is 24.7 Å². The Hall–Kier alpha value is -2.21. The Balaban J connectivity index is 1.21. The standard InChI is InChI=1S/C19H24N4O2/c1-14-20-19(25-21-14)17-8-10-23(13-17)18(24)7-4-9-22-11-15-5-2-3-6-16(15)12-22/h2-3,5-6,17H,4,7-13H2,1H3/t17-/m0/s1. The minimum absolute atomic E-state index is 0.193. The smallest absolute Gasteiger partial charge is 0.231 e. The van der Waals surface area contributed by atoms with Gasteiger partial charge in [-0.25, -0.2) is 0 Å². The van der Waals surface area contributed by atoms with Crippen molar-refractivity contribution < 1.29 is 9.32 Å². The highest BCUT2D eigenvalue weighted by Gasteiger charge is 2.30. The molecule has 1 aromatic carbocycles. The molecule has 0 unspecified atom stereocenters. The summed E-state index contributed by atoms with van der Waals surface area (Å²) >= 11 is 0. The van der Waals surface area contributed by atoms with Gasteiger partial charge in [-0.2, -0.15) is 4.98 Å². The molecule has 2 aliphatic rings. The molecule has 2 aromatic rings. The third-order valence-electron chi connectivity index (χ3n) is 5.20. The number of benzene rings is 1. The van der Waals surface area contributed by atoms with E-state index in [9.17, 15) is 4.79 Å². The first-order valence-corrected chi connectivity index (χ1v) is 9.06. The molecule has 1 aromatic heterocycles. The van der Waals surface area contributed by atoms with Crippen molar-refractivity contribution in [2.24, 2.45) is 0 Å². The van der Waals surface area contributed by atoms with Gasteiger partial charge in [0, 0.05) is 32.6 Å². The molecule has 0 saturated carbocycles. The molecule has 25 heavy (non-hydrogen) atoms. The maximum absolute atomic E-state index is 12.5. The normalized spacial score (nSPS) is 20.2. The van der Waals surface area contributed by atoms with Crippen LogP contribution in [0.1, 0.15) is 48.0 Å². The molecule has 0 radical (unpaired) electrons. The molecule has 4 rings (SSSR count). The Kier molecular flexibility index (Phi) is 4.53. The highest BCUT2D eigenvalue weighted by atomic mass is 16.5. The van der Waals surface area contributed by atoms with Crippen molar-refractivity contribution in [2.75, 3.05) is 19.6 Å². The fraction of sp³-hybridized carbons (Fsp3) is 0.526. The molecule has 2 aliphatic heterocycles. The third-order valence-corrected chi connectivity index (χ3v) is 5.20. The van der Waals surface area contributed by atoms with E-state index in [0.717, 1.165) is 39.0 Å². The summed E-state index contributed by atoms with van der Waals surface area (Å²) in [6.45, 7) is 6.30. The zero-order valence-electron chi connectivity index (χ0n) is 14.6. The molecule has 1 atom stereocenters. The number of carbonyl (C=O) groups is 1. The first-order valence-electron chi connectivity index (χ1n) is 9.06. The number of aromatic nitrogens is 2. The minimum atomic E-state index is 0.193. The first-order chi connectivity index (χ1) is 12.2. The van der Waals surface area contributed by atoms with Gasteiger partial charge < -0.3 is 9.42 Å². The van der Waals surface area contributed by atoms with E-state index >= 15 is 0 Å². The predicted octanol–water partition coefficient (Wildman–Crippen LogP) is 2.49. The van der Waals surface area contributed by atoms with Crippen LogP contribution in [0.3, 0.4) is 0 Å². The lowest BCUT2D eigenvalue weighted by Crippen LogP contribution is -2.29. The SMILES string of the molecule is Cc1noc([C@H]2CCN(C(=O)CCCN3Cc4ccccc4C3)C2)n1. The second kappa shape index (κ2) is 6.96. The van der Waals surface area contributed by atoms with Gasteiger partial charge in [-0.3, -0.25) is 9.69 Å². The lowest BCUT2D eigenvalue weighted by molar-refractivity contribution is -0.130. The summed E-state index contributed by atoms with van der Waals surface area (Å²) in [5, 5.41) is 3.85. The summed E-state index contributed by atoms with van der Waals surface area (Å²) in [5.41, 5.74) is 2.84. The van der Waals surface area contributed by atoms with Gasteiger partial charge in [0.25, 0.3) is 0 Å². The quantitative estimate of drug-likeness (QED) is 0.837. The second-order valence-electron chi connectivity index (χ2n) is 7.09. The van der Waals surface area contributed by atoms with E-state index < -0.39 is 0 Å². The van der Waals surface area contributed by atoms with E-state index in [-0.39, 0.29) is 11.8 Å². The van der Waals surface area contributed by atoms with Crippen LogP contribution in [0.15, 0.2) is 28.8 Å². The molecule has 3 heterocycles.